The van der Waals surface area contributed by atoms with Crippen LogP contribution in [-0.4, -0.2) is 30.1 Å². The number of hydrogen-bond donors (Lipinski definition) is 0. The van der Waals surface area contributed by atoms with Crippen molar-refractivity contribution < 1.29 is 9.53 Å². The van der Waals surface area contributed by atoms with Gasteiger partial charge in [0.15, 0.2) is 0 Å². The number of rotatable bonds is 6. The zero-order valence-electron chi connectivity index (χ0n) is 11.7. The summed E-state index contributed by atoms with van der Waals surface area (Å²) in [5.41, 5.74) is 1.15. The first-order chi connectivity index (χ1) is 8.60. The lowest BCUT2D eigenvalue weighted by Crippen LogP contribution is -2.43. The van der Waals surface area contributed by atoms with Crippen molar-refractivity contribution in [3.63, 3.8) is 0 Å². The van der Waals surface area contributed by atoms with E-state index >= 15 is 0 Å². The summed E-state index contributed by atoms with van der Waals surface area (Å²) in [6.45, 7) is 6.60. The summed E-state index contributed by atoms with van der Waals surface area (Å²) in [7, 11) is 1.57. The van der Waals surface area contributed by atoms with E-state index in [1.54, 1.807) is 14.0 Å². The smallest absolute Gasteiger partial charge is 0.251 e. The Balaban J connectivity index is 2.82. The van der Waals surface area contributed by atoms with Crippen molar-refractivity contribution in [2.45, 2.75) is 45.9 Å². The van der Waals surface area contributed by atoms with Crippen molar-refractivity contribution in [2.75, 3.05) is 7.11 Å². The summed E-state index contributed by atoms with van der Waals surface area (Å²) < 4.78 is 5.13. The van der Waals surface area contributed by atoms with Crippen LogP contribution in [0.25, 0.3) is 0 Å². The van der Waals surface area contributed by atoms with Crippen molar-refractivity contribution in [3.8, 4) is 0 Å². The highest BCUT2D eigenvalue weighted by Gasteiger charge is 2.23. The van der Waals surface area contributed by atoms with Crippen LogP contribution in [0.4, 0.5) is 0 Å². The molecule has 2 atom stereocenters. The van der Waals surface area contributed by atoms with Crippen LogP contribution in [-0.2, 0) is 16.1 Å². The minimum atomic E-state index is -0.386. The number of benzene rings is 1. The maximum absolute atomic E-state index is 12.3. The highest BCUT2D eigenvalue weighted by molar-refractivity contribution is 5.80. The molecule has 0 aromatic heterocycles. The van der Waals surface area contributed by atoms with E-state index in [0.717, 1.165) is 12.0 Å². The number of carbonyl (C=O) groups excluding carboxylic acids is 1. The highest BCUT2D eigenvalue weighted by atomic mass is 16.5. The van der Waals surface area contributed by atoms with E-state index in [1.165, 1.54) is 0 Å². The van der Waals surface area contributed by atoms with E-state index < -0.39 is 0 Å². The molecule has 1 aromatic carbocycles. The summed E-state index contributed by atoms with van der Waals surface area (Å²) in [6.07, 6.45) is 0.553. The Hall–Kier alpha value is -1.35. The molecule has 3 nitrogen and oxygen atoms in total. The number of hydrogen-bond acceptors (Lipinski definition) is 2. The highest BCUT2D eigenvalue weighted by Crippen LogP contribution is 2.13. The zero-order valence-corrected chi connectivity index (χ0v) is 11.7. The molecule has 0 radical (unpaired) electrons. The van der Waals surface area contributed by atoms with Crippen molar-refractivity contribution >= 4 is 5.91 Å². The first kappa shape index (κ1) is 14.7. The molecule has 0 bridgehead atoms. The number of ether oxygens (including phenoxy) is 1. The maximum atomic E-state index is 12.3. The number of amides is 1. The molecule has 0 aliphatic heterocycles. The Morgan fingerprint density at radius 2 is 1.89 bits per heavy atom. The van der Waals surface area contributed by atoms with Gasteiger partial charge in [-0.2, -0.15) is 0 Å². The van der Waals surface area contributed by atoms with Crippen molar-refractivity contribution in [3.05, 3.63) is 35.9 Å². The summed E-state index contributed by atoms with van der Waals surface area (Å²) in [5, 5.41) is 0. The predicted molar refractivity (Wildman–Crippen MR) is 73.2 cm³/mol. The number of nitrogens with zero attached hydrogens (tertiary/aromatic N) is 1. The fourth-order valence-electron chi connectivity index (χ4n) is 1.79. The van der Waals surface area contributed by atoms with Crippen LogP contribution in [0.15, 0.2) is 30.3 Å². The third kappa shape index (κ3) is 3.84. The van der Waals surface area contributed by atoms with Gasteiger partial charge < -0.3 is 9.64 Å². The third-order valence-electron chi connectivity index (χ3n) is 3.30. The second-order valence-electron chi connectivity index (χ2n) is 4.59. The van der Waals surface area contributed by atoms with Gasteiger partial charge in [-0.25, -0.2) is 0 Å². The fourth-order valence-corrected chi connectivity index (χ4v) is 1.79. The van der Waals surface area contributed by atoms with E-state index in [-0.39, 0.29) is 18.1 Å². The van der Waals surface area contributed by atoms with Gasteiger partial charge in [0.2, 0.25) is 0 Å². The van der Waals surface area contributed by atoms with Gasteiger partial charge in [0, 0.05) is 19.7 Å². The molecule has 0 aliphatic rings. The predicted octanol–water partition coefficient (Wildman–Crippen LogP) is 2.85. The summed E-state index contributed by atoms with van der Waals surface area (Å²) in [4.78, 5) is 14.2. The molecule has 0 N–H and O–H groups in total. The molecule has 0 spiro atoms. The topological polar surface area (TPSA) is 29.5 Å². The van der Waals surface area contributed by atoms with E-state index in [1.807, 2.05) is 35.2 Å². The van der Waals surface area contributed by atoms with Crippen LogP contribution in [0, 0.1) is 0 Å². The molecule has 0 saturated carbocycles. The molecule has 1 amide bonds. The molecular formula is C15H23NO2. The molecule has 1 rings (SSSR count). The van der Waals surface area contributed by atoms with Crippen LogP contribution in [0.1, 0.15) is 32.8 Å². The average Bonchev–Trinajstić information content (AvgIpc) is 2.43. The van der Waals surface area contributed by atoms with E-state index in [4.69, 9.17) is 4.74 Å². The normalized spacial score (nSPS) is 14.0. The molecule has 18 heavy (non-hydrogen) atoms. The molecule has 2 unspecified atom stereocenters. The molecule has 0 saturated heterocycles. The Bertz CT molecular complexity index is 364. The van der Waals surface area contributed by atoms with Gasteiger partial charge in [-0.15, -0.1) is 0 Å². The average molecular weight is 249 g/mol. The Morgan fingerprint density at radius 3 is 2.39 bits per heavy atom. The largest absolute Gasteiger partial charge is 0.372 e. The van der Waals surface area contributed by atoms with Crippen molar-refractivity contribution in [1.29, 1.82) is 0 Å². The third-order valence-corrected chi connectivity index (χ3v) is 3.30. The van der Waals surface area contributed by atoms with Crippen molar-refractivity contribution in [2.24, 2.45) is 0 Å². The Labute approximate surface area is 110 Å². The first-order valence-corrected chi connectivity index (χ1v) is 6.47. The maximum Gasteiger partial charge on any atom is 0.251 e. The summed E-state index contributed by atoms with van der Waals surface area (Å²) in [6, 6.07) is 10.3. The summed E-state index contributed by atoms with van der Waals surface area (Å²) in [5.74, 6) is 0.0516. The molecule has 0 aliphatic carbocycles. The summed E-state index contributed by atoms with van der Waals surface area (Å²) >= 11 is 0. The van der Waals surface area contributed by atoms with Crippen LogP contribution in [0.3, 0.4) is 0 Å². The minimum absolute atomic E-state index is 0.0516. The standard InChI is InChI=1S/C15H23NO2/c1-5-12(2)16(15(17)13(3)18-4)11-14-9-7-6-8-10-14/h6-10,12-13H,5,11H2,1-4H3. The van der Waals surface area contributed by atoms with Crippen LogP contribution >= 0.6 is 0 Å². The molecule has 100 valence electrons. The van der Waals surface area contributed by atoms with Gasteiger partial charge in [0.1, 0.15) is 6.10 Å². The Morgan fingerprint density at radius 1 is 1.28 bits per heavy atom. The number of methoxy groups -OCH3 is 1. The van der Waals surface area contributed by atoms with Gasteiger partial charge in [-0.05, 0) is 25.8 Å². The quantitative estimate of drug-likeness (QED) is 0.776. The SMILES string of the molecule is CCC(C)N(Cc1ccccc1)C(=O)C(C)OC. The van der Waals surface area contributed by atoms with Crippen LogP contribution in [0.5, 0.6) is 0 Å². The van der Waals surface area contributed by atoms with E-state index in [2.05, 4.69) is 13.8 Å². The van der Waals surface area contributed by atoms with Crippen LogP contribution in [0.2, 0.25) is 0 Å². The lowest BCUT2D eigenvalue weighted by atomic mass is 10.1. The van der Waals surface area contributed by atoms with Gasteiger partial charge in [-0.1, -0.05) is 37.3 Å². The van der Waals surface area contributed by atoms with E-state index in [9.17, 15) is 4.79 Å². The molecule has 0 fully saturated rings. The van der Waals surface area contributed by atoms with Crippen LogP contribution < -0.4 is 0 Å². The van der Waals surface area contributed by atoms with E-state index in [0.29, 0.717) is 6.54 Å². The minimum Gasteiger partial charge on any atom is -0.372 e. The second-order valence-corrected chi connectivity index (χ2v) is 4.59. The molecule has 0 heterocycles. The zero-order chi connectivity index (χ0) is 13.5. The van der Waals surface area contributed by atoms with Gasteiger partial charge in [0.25, 0.3) is 5.91 Å². The van der Waals surface area contributed by atoms with Gasteiger partial charge in [-0.3, -0.25) is 4.79 Å². The molecule has 3 heteroatoms. The Kier molecular flexibility index (Phi) is 5.86. The van der Waals surface area contributed by atoms with Gasteiger partial charge >= 0.3 is 0 Å². The van der Waals surface area contributed by atoms with Crippen molar-refractivity contribution in [1.82, 2.24) is 4.90 Å². The number of carbonyl (C=O) groups is 1. The lowest BCUT2D eigenvalue weighted by molar-refractivity contribution is -0.143. The molecular weight excluding hydrogens is 226 g/mol. The second kappa shape index (κ2) is 7.17. The van der Waals surface area contributed by atoms with Gasteiger partial charge in [0.05, 0.1) is 0 Å². The lowest BCUT2D eigenvalue weighted by Gasteiger charge is -2.30. The molecule has 1 aromatic rings. The monoisotopic (exact) mass is 249 g/mol. The first-order valence-electron chi connectivity index (χ1n) is 6.47. The fraction of sp³-hybridized carbons (Fsp3) is 0.533.